The van der Waals surface area contributed by atoms with Gasteiger partial charge in [-0.1, -0.05) is 83.3 Å². The van der Waals surface area contributed by atoms with E-state index in [0.29, 0.717) is 11.5 Å². The topological polar surface area (TPSA) is 86.7 Å². The van der Waals surface area contributed by atoms with Gasteiger partial charge in [-0.25, -0.2) is 0 Å². The largest absolute Gasteiger partial charge is 1.00 e. The number of benzene rings is 2. The standard InChI is InChI=1S/C25H36O5S.K/c1-2-3-4-5-6-7-8-9-10-11-12-13-21-14-15-22(26)20-25(21)30-23-16-18-24(19-17-23)31(27,28)29;/h14-20,26H,2-13H2,1H3,(H,27,28,29);/q;+1/p-1. The Morgan fingerprint density at radius 3 is 1.88 bits per heavy atom. The van der Waals surface area contributed by atoms with Gasteiger partial charge in [0.15, 0.2) is 0 Å². The van der Waals surface area contributed by atoms with E-state index < -0.39 is 10.1 Å². The van der Waals surface area contributed by atoms with Crippen molar-refractivity contribution in [1.82, 2.24) is 0 Å². The molecule has 5 nitrogen and oxygen atoms in total. The quantitative estimate of drug-likeness (QED) is 0.236. The maximum atomic E-state index is 11.8. The van der Waals surface area contributed by atoms with Crippen LogP contribution in [0.2, 0.25) is 0 Å². The zero-order chi connectivity index (χ0) is 22.5. The second kappa shape index (κ2) is 16.3. The minimum absolute atomic E-state index is 0. The first kappa shape index (κ1) is 29.6. The van der Waals surface area contributed by atoms with Gasteiger partial charge < -0.3 is 9.84 Å². The molecule has 2 aromatic carbocycles. The van der Waals surface area contributed by atoms with Gasteiger partial charge in [-0.05, 0) is 48.7 Å². The number of unbranched alkanes of at least 4 members (excludes halogenated alkanes) is 10. The van der Waals surface area contributed by atoms with Crippen molar-refractivity contribution in [2.75, 3.05) is 0 Å². The van der Waals surface area contributed by atoms with Crippen molar-refractivity contribution in [3.63, 3.8) is 0 Å². The van der Waals surface area contributed by atoms with Crippen molar-refractivity contribution in [2.24, 2.45) is 0 Å². The van der Waals surface area contributed by atoms with Gasteiger partial charge in [0.1, 0.15) is 11.5 Å². The summed E-state index contributed by atoms with van der Waals surface area (Å²) in [6.45, 7) is 2.24. The van der Waals surface area contributed by atoms with Crippen LogP contribution in [0, 0.1) is 0 Å². The van der Waals surface area contributed by atoms with Crippen molar-refractivity contribution < 1.29 is 74.2 Å². The van der Waals surface area contributed by atoms with E-state index in [0.717, 1.165) is 24.8 Å². The Bertz CT molecular complexity index is 882. The molecule has 0 saturated heterocycles. The molecule has 0 amide bonds. The molecule has 7 heteroatoms. The van der Waals surface area contributed by atoms with Gasteiger partial charge in [-0.3, -0.25) is 4.55 Å². The fraction of sp³-hybridized carbons (Fsp3) is 0.520. The summed E-state index contributed by atoms with van der Waals surface area (Å²) in [5.74, 6) is 0.782. The van der Waals surface area contributed by atoms with Crippen LogP contribution in [0.3, 0.4) is 0 Å². The number of ether oxygens (including phenoxy) is 1. The van der Waals surface area contributed by atoms with Crippen molar-refractivity contribution in [3.05, 3.63) is 48.0 Å². The Kier molecular flexibility index (Phi) is 15.0. The van der Waals surface area contributed by atoms with E-state index in [-0.39, 0.29) is 62.0 Å². The molecule has 0 saturated carbocycles. The van der Waals surface area contributed by atoms with Crippen LogP contribution < -0.4 is 61.2 Å². The van der Waals surface area contributed by atoms with Gasteiger partial charge >= 0.3 is 51.4 Å². The first-order valence-electron chi connectivity index (χ1n) is 11.5. The van der Waals surface area contributed by atoms with Crippen molar-refractivity contribution in [2.45, 2.75) is 88.9 Å². The Balaban J connectivity index is 0.00000512. The van der Waals surface area contributed by atoms with Crippen LogP contribution in [-0.2, 0) is 16.5 Å². The first-order chi connectivity index (χ1) is 14.9. The summed E-state index contributed by atoms with van der Waals surface area (Å²) in [7, 11) is -4.24. The molecule has 0 aliphatic rings. The van der Waals surface area contributed by atoms with Gasteiger partial charge in [-0.2, -0.15) is 8.42 Å². The molecule has 0 atom stereocenters. The average molecular weight is 487 g/mol. The molecular formula is C25H35KO5S. The Morgan fingerprint density at radius 1 is 0.812 bits per heavy atom. The SMILES string of the molecule is CCCCCCCCCCCCCc1ccc([O-])cc1Oc1ccc(S(=O)(=O)O)cc1.[K+]. The molecule has 32 heavy (non-hydrogen) atoms. The smallest absolute Gasteiger partial charge is 0.872 e. The zero-order valence-corrected chi connectivity index (χ0v) is 23.5. The Hall–Kier alpha value is -0.414. The van der Waals surface area contributed by atoms with E-state index >= 15 is 0 Å². The fourth-order valence-electron chi connectivity index (χ4n) is 3.62. The van der Waals surface area contributed by atoms with E-state index in [1.54, 1.807) is 12.1 Å². The van der Waals surface area contributed by atoms with Crippen molar-refractivity contribution in [3.8, 4) is 17.2 Å². The number of rotatable bonds is 15. The van der Waals surface area contributed by atoms with E-state index in [4.69, 9.17) is 9.29 Å². The van der Waals surface area contributed by atoms with Gasteiger partial charge in [0, 0.05) is 0 Å². The molecule has 0 bridgehead atoms. The molecule has 2 rings (SSSR count). The second-order valence-corrected chi connectivity index (χ2v) is 9.53. The van der Waals surface area contributed by atoms with Crippen LogP contribution in [0.5, 0.6) is 17.2 Å². The van der Waals surface area contributed by atoms with Gasteiger partial charge in [0.05, 0.1) is 4.90 Å². The van der Waals surface area contributed by atoms with Crippen LogP contribution in [-0.4, -0.2) is 13.0 Å². The molecule has 0 spiro atoms. The Labute approximate surface area is 236 Å². The van der Waals surface area contributed by atoms with E-state index in [1.165, 1.54) is 88.1 Å². The van der Waals surface area contributed by atoms with Crippen molar-refractivity contribution >= 4 is 10.1 Å². The van der Waals surface area contributed by atoms with Crippen LogP contribution >= 0.6 is 0 Å². The minimum atomic E-state index is -4.24. The monoisotopic (exact) mass is 486 g/mol. The van der Waals surface area contributed by atoms with E-state index in [1.807, 2.05) is 0 Å². The maximum Gasteiger partial charge on any atom is 1.00 e. The molecule has 0 aliphatic carbocycles. The second-order valence-electron chi connectivity index (χ2n) is 8.10. The van der Waals surface area contributed by atoms with Crippen LogP contribution in [0.4, 0.5) is 0 Å². The number of aryl methyl sites for hydroxylation is 1. The number of hydrogen-bond donors (Lipinski definition) is 1. The minimum Gasteiger partial charge on any atom is -0.872 e. The molecule has 0 aromatic heterocycles. The molecule has 0 aliphatic heterocycles. The summed E-state index contributed by atoms with van der Waals surface area (Å²) in [6, 6.07) is 10.3. The summed E-state index contributed by atoms with van der Waals surface area (Å²) >= 11 is 0. The summed E-state index contributed by atoms with van der Waals surface area (Å²) in [4.78, 5) is -0.196. The van der Waals surface area contributed by atoms with Crippen LogP contribution in [0.1, 0.15) is 83.1 Å². The normalized spacial score (nSPS) is 11.2. The summed E-state index contributed by atoms with van der Waals surface area (Å²) in [5.41, 5.74) is 0.967. The third-order valence-electron chi connectivity index (χ3n) is 5.44. The molecule has 2 aromatic rings. The average Bonchev–Trinajstić information content (AvgIpc) is 2.73. The summed E-state index contributed by atoms with van der Waals surface area (Å²) < 4.78 is 37.2. The molecule has 172 valence electrons. The Morgan fingerprint density at radius 2 is 1.34 bits per heavy atom. The maximum absolute atomic E-state index is 11.8. The molecule has 0 radical (unpaired) electrons. The van der Waals surface area contributed by atoms with Crippen LogP contribution in [0.25, 0.3) is 0 Å². The number of hydrogen-bond acceptors (Lipinski definition) is 4. The van der Waals surface area contributed by atoms with Gasteiger partial charge in [0.25, 0.3) is 10.1 Å². The molecule has 0 fully saturated rings. The fourth-order valence-corrected chi connectivity index (χ4v) is 4.10. The van der Waals surface area contributed by atoms with Gasteiger partial charge in [-0.15, -0.1) is 5.75 Å². The predicted molar refractivity (Wildman–Crippen MR) is 122 cm³/mol. The predicted octanol–water partition coefficient (Wildman–Crippen LogP) is 3.66. The zero-order valence-electron chi connectivity index (χ0n) is 19.5. The third-order valence-corrected chi connectivity index (χ3v) is 6.31. The molecule has 0 unspecified atom stereocenters. The summed E-state index contributed by atoms with van der Waals surface area (Å²) in [6.07, 6.45) is 14.9. The van der Waals surface area contributed by atoms with E-state index in [9.17, 15) is 13.5 Å². The molecule has 0 heterocycles. The first-order valence-corrected chi connectivity index (χ1v) is 12.9. The van der Waals surface area contributed by atoms with Crippen LogP contribution in [0.15, 0.2) is 47.4 Å². The third kappa shape index (κ3) is 11.6. The van der Waals surface area contributed by atoms with Crippen molar-refractivity contribution in [1.29, 1.82) is 0 Å². The molecular weight excluding hydrogens is 451 g/mol. The van der Waals surface area contributed by atoms with Gasteiger partial charge in [0.2, 0.25) is 0 Å². The molecule has 1 N–H and O–H groups in total. The van der Waals surface area contributed by atoms with E-state index in [2.05, 4.69) is 6.92 Å². The summed E-state index contributed by atoms with van der Waals surface area (Å²) in [5, 5.41) is 11.8.